The van der Waals surface area contributed by atoms with Crippen molar-refractivity contribution in [3.63, 3.8) is 0 Å². The second-order valence-electron chi connectivity index (χ2n) is 9.23. The van der Waals surface area contributed by atoms with Gasteiger partial charge in [0.15, 0.2) is 0 Å². The quantitative estimate of drug-likeness (QED) is 0.518. The molecule has 0 saturated heterocycles. The highest BCUT2D eigenvalue weighted by molar-refractivity contribution is 6.83. The van der Waals surface area contributed by atoms with Crippen molar-refractivity contribution < 1.29 is 9.47 Å². The molecule has 2 aromatic rings. The highest BCUT2D eigenvalue weighted by atomic mass is 28.3. The van der Waals surface area contributed by atoms with Gasteiger partial charge < -0.3 is 9.47 Å². The van der Waals surface area contributed by atoms with Crippen LogP contribution < -0.4 is 9.47 Å². The van der Waals surface area contributed by atoms with Gasteiger partial charge in [-0.05, 0) is 46.5 Å². The summed E-state index contributed by atoms with van der Waals surface area (Å²) < 4.78 is 10.8. The minimum Gasteiger partial charge on any atom is -0.497 e. The average Bonchev–Trinajstić information content (AvgIpc) is 2.58. The summed E-state index contributed by atoms with van der Waals surface area (Å²) in [5.41, 5.74) is 4.06. The van der Waals surface area contributed by atoms with Gasteiger partial charge in [-0.3, -0.25) is 0 Å². The molecule has 0 aromatic heterocycles. The van der Waals surface area contributed by atoms with E-state index in [4.69, 9.17) is 9.47 Å². The van der Waals surface area contributed by atoms with Crippen LogP contribution in [0.3, 0.4) is 0 Å². The molecule has 0 amide bonds. The molecule has 2 rings (SSSR count). The maximum atomic E-state index is 5.38. The van der Waals surface area contributed by atoms with Crippen LogP contribution in [0, 0.1) is 0 Å². The first-order chi connectivity index (χ1) is 12.1. The molecule has 2 nitrogen and oxygen atoms in total. The lowest BCUT2D eigenvalue weighted by molar-refractivity contribution is 0.414. The molecule has 4 heteroatoms. The molecule has 0 aliphatic heterocycles. The average molecular weight is 387 g/mol. The van der Waals surface area contributed by atoms with Crippen LogP contribution in [0.4, 0.5) is 0 Å². The third-order valence-corrected chi connectivity index (χ3v) is 10.5. The summed E-state index contributed by atoms with van der Waals surface area (Å²) in [5.74, 6) is 1.86. The third-order valence-electron chi connectivity index (χ3n) is 5.15. The molecule has 0 radical (unpaired) electrons. The lowest BCUT2D eigenvalue weighted by Crippen LogP contribution is -2.45. The molecule has 0 N–H and O–H groups in total. The molecule has 2 atom stereocenters. The SMILES string of the molecule is COc1ccc(C(C(c2ccc(OC)cc2)[Si](C)(C)C)[Si](C)(C)C)cc1. The van der Waals surface area contributed by atoms with Crippen LogP contribution >= 0.6 is 0 Å². The second kappa shape index (κ2) is 8.01. The Morgan fingerprint density at radius 2 is 0.808 bits per heavy atom. The molecule has 0 spiro atoms. The smallest absolute Gasteiger partial charge is 0.118 e. The fraction of sp³-hybridized carbons (Fsp3) is 0.455. The first-order valence-corrected chi connectivity index (χ1v) is 16.5. The number of hydrogen-bond acceptors (Lipinski definition) is 2. The van der Waals surface area contributed by atoms with Gasteiger partial charge >= 0.3 is 0 Å². The zero-order valence-electron chi connectivity index (χ0n) is 17.6. The Labute approximate surface area is 161 Å². The fourth-order valence-electron chi connectivity index (χ4n) is 4.01. The number of ether oxygens (including phenoxy) is 2. The molecule has 0 saturated carbocycles. The number of rotatable bonds is 7. The fourth-order valence-corrected chi connectivity index (χ4v) is 11.8. The van der Waals surface area contributed by atoms with E-state index in [-0.39, 0.29) is 0 Å². The normalized spacial score (nSPS) is 14.6. The van der Waals surface area contributed by atoms with Gasteiger partial charge in [-0.2, -0.15) is 0 Å². The molecular weight excluding hydrogens is 352 g/mol. The summed E-state index contributed by atoms with van der Waals surface area (Å²) in [6, 6.07) is 17.5. The Kier molecular flexibility index (Phi) is 6.40. The molecule has 142 valence electrons. The second-order valence-corrected chi connectivity index (χ2v) is 19.9. The van der Waals surface area contributed by atoms with Crippen molar-refractivity contribution in [2.24, 2.45) is 0 Å². The zero-order chi connectivity index (χ0) is 19.5. The number of benzene rings is 2. The highest BCUT2D eigenvalue weighted by Gasteiger charge is 2.42. The van der Waals surface area contributed by atoms with E-state index in [0.717, 1.165) is 11.5 Å². The Bertz CT molecular complexity index is 631. The van der Waals surface area contributed by atoms with Crippen molar-refractivity contribution in [1.82, 2.24) is 0 Å². The van der Waals surface area contributed by atoms with Crippen molar-refractivity contribution in [2.75, 3.05) is 14.2 Å². The van der Waals surface area contributed by atoms with Crippen LogP contribution in [0.5, 0.6) is 11.5 Å². The summed E-state index contributed by atoms with van der Waals surface area (Å²) in [6.45, 7) is 15.0. The van der Waals surface area contributed by atoms with Crippen LogP contribution in [0.2, 0.25) is 39.3 Å². The first-order valence-electron chi connectivity index (χ1n) is 9.36. The molecule has 0 fully saturated rings. The predicted molar refractivity (Wildman–Crippen MR) is 118 cm³/mol. The predicted octanol–water partition coefficient (Wildman–Crippen LogP) is 6.33. The molecule has 26 heavy (non-hydrogen) atoms. The summed E-state index contributed by atoms with van der Waals surface area (Å²) in [5, 5.41) is 0. The minimum absolute atomic E-state index is 0.577. The van der Waals surface area contributed by atoms with Crippen molar-refractivity contribution in [1.29, 1.82) is 0 Å². The summed E-state index contributed by atoms with van der Waals surface area (Å²) in [4.78, 5) is 0. The zero-order valence-corrected chi connectivity index (χ0v) is 19.6. The van der Waals surface area contributed by atoms with E-state index in [0.29, 0.717) is 11.1 Å². The maximum absolute atomic E-state index is 5.38. The largest absolute Gasteiger partial charge is 0.497 e. The van der Waals surface area contributed by atoms with Gasteiger partial charge in [0.2, 0.25) is 0 Å². The van der Waals surface area contributed by atoms with Gasteiger partial charge in [-0.25, -0.2) is 0 Å². The van der Waals surface area contributed by atoms with Crippen LogP contribution in [-0.4, -0.2) is 30.4 Å². The van der Waals surface area contributed by atoms with Crippen molar-refractivity contribution >= 4 is 16.1 Å². The summed E-state index contributed by atoms with van der Waals surface area (Å²) in [6.07, 6.45) is 0. The lowest BCUT2D eigenvalue weighted by Gasteiger charge is -2.43. The molecule has 0 bridgehead atoms. The van der Waals surface area contributed by atoms with Gasteiger partial charge in [-0.1, -0.05) is 63.5 Å². The van der Waals surface area contributed by atoms with Gasteiger partial charge in [0, 0.05) is 0 Å². The van der Waals surface area contributed by atoms with Crippen LogP contribution in [0.1, 0.15) is 22.2 Å². The summed E-state index contributed by atoms with van der Waals surface area (Å²) in [7, 11) is 0.519. The molecular formula is C22H34O2Si2. The van der Waals surface area contributed by atoms with E-state index in [2.05, 4.69) is 87.8 Å². The van der Waals surface area contributed by atoms with Crippen molar-refractivity contribution in [3.8, 4) is 11.5 Å². The van der Waals surface area contributed by atoms with Crippen LogP contribution in [-0.2, 0) is 0 Å². The molecule has 0 aliphatic rings. The standard InChI is InChI=1S/C22H34O2Si2/c1-23-19-13-9-17(10-14-19)21(25(3,4)5)22(26(6,7)8)18-11-15-20(24-2)16-12-18/h9-16,21-22H,1-8H3. The van der Waals surface area contributed by atoms with Gasteiger partial charge in [0.1, 0.15) is 11.5 Å². The lowest BCUT2D eigenvalue weighted by atomic mass is 10.0. The van der Waals surface area contributed by atoms with Crippen molar-refractivity contribution in [2.45, 2.75) is 50.4 Å². The topological polar surface area (TPSA) is 18.5 Å². The van der Waals surface area contributed by atoms with E-state index in [1.54, 1.807) is 14.2 Å². The van der Waals surface area contributed by atoms with Gasteiger partial charge in [0.05, 0.1) is 30.4 Å². The van der Waals surface area contributed by atoms with E-state index < -0.39 is 16.1 Å². The van der Waals surface area contributed by atoms with E-state index in [9.17, 15) is 0 Å². The summed E-state index contributed by atoms with van der Waals surface area (Å²) >= 11 is 0. The molecule has 2 unspecified atom stereocenters. The first kappa shape index (κ1) is 20.8. The third kappa shape index (κ3) is 4.80. The monoisotopic (exact) mass is 386 g/mol. The Hall–Kier alpha value is -1.53. The Balaban J connectivity index is 2.58. The van der Waals surface area contributed by atoms with Crippen LogP contribution in [0.25, 0.3) is 0 Å². The number of hydrogen-bond donors (Lipinski definition) is 0. The molecule has 0 aliphatic carbocycles. The molecule has 0 heterocycles. The maximum Gasteiger partial charge on any atom is 0.118 e. The van der Waals surface area contributed by atoms with E-state index >= 15 is 0 Å². The minimum atomic E-state index is -1.47. The Morgan fingerprint density at radius 3 is 1.00 bits per heavy atom. The number of methoxy groups -OCH3 is 2. The van der Waals surface area contributed by atoms with Gasteiger partial charge in [-0.15, -0.1) is 0 Å². The Morgan fingerprint density at radius 1 is 0.538 bits per heavy atom. The van der Waals surface area contributed by atoms with Gasteiger partial charge in [0.25, 0.3) is 0 Å². The van der Waals surface area contributed by atoms with E-state index in [1.807, 2.05) is 0 Å². The van der Waals surface area contributed by atoms with E-state index in [1.165, 1.54) is 11.1 Å². The highest BCUT2D eigenvalue weighted by Crippen LogP contribution is 2.45. The van der Waals surface area contributed by atoms with Crippen LogP contribution in [0.15, 0.2) is 48.5 Å². The molecule has 2 aromatic carbocycles. The van der Waals surface area contributed by atoms with Crippen molar-refractivity contribution in [3.05, 3.63) is 59.7 Å².